The van der Waals surface area contributed by atoms with Gasteiger partial charge in [-0.3, -0.25) is 4.79 Å². The second-order valence-electron chi connectivity index (χ2n) is 10.6. The van der Waals surface area contributed by atoms with Gasteiger partial charge in [-0.25, -0.2) is 9.59 Å². The molecular formula is C34H31Cl2N3O4. The summed E-state index contributed by atoms with van der Waals surface area (Å²) < 4.78 is 0. The van der Waals surface area contributed by atoms with E-state index in [0.717, 1.165) is 29.5 Å². The van der Waals surface area contributed by atoms with Gasteiger partial charge in [-0.1, -0.05) is 89.9 Å². The number of aromatic carboxylic acids is 1. The molecule has 220 valence electrons. The highest BCUT2D eigenvalue weighted by atomic mass is 35.5. The minimum absolute atomic E-state index is 0.0480. The molecule has 0 aromatic heterocycles. The number of rotatable bonds is 9. The van der Waals surface area contributed by atoms with E-state index >= 15 is 0 Å². The van der Waals surface area contributed by atoms with Crippen molar-refractivity contribution in [1.29, 1.82) is 0 Å². The summed E-state index contributed by atoms with van der Waals surface area (Å²) in [6.45, 7) is 0.121. The van der Waals surface area contributed by atoms with Crippen molar-refractivity contribution in [3.05, 3.63) is 135 Å². The predicted molar refractivity (Wildman–Crippen MR) is 169 cm³/mol. The number of anilines is 1. The topological polar surface area (TPSA) is 98.7 Å². The molecule has 0 spiro atoms. The number of carboxylic acids is 1. The average Bonchev–Trinajstić information content (AvgIpc) is 3.01. The number of carboxylic acid groups (broad SMARTS) is 1. The van der Waals surface area contributed by atoms with Gasteiger partial charge in [-0.15, -0.1) is 0 Å². The Balaban J connectivity index is 1.41. The summed E-state index contributed by atoms with van der Waals surface area (Å²) in [6, 6.07) is 28.7. The number of benzene rings is 4. The summed E-state index contributed by atoms with van der Waals surface area (Å²) in [5, 5.41) is 15.5. The molecule has 0 bridgehead atoms. The third kappa shape index (κ3) is 7.55. The lowest BCUT2D eigenvalue weighted by Crippen LogP contribution is -2.46. The van der Waals surface area contributed by atoms with Crippen LogP contribution in [0.1, 0.15) is 45.1 Å². The zero-order chi connectivity index (χ0) is 30.3. The van der Waals surface area contributed by atoms with Crippen molar-refractivity contribution in [3.63, 3.8) is 0 Å². The van der Waals surface area contributed by atoms with Gasteiger partial charge in [0.1, 0.15) is 0 Å². The third-order valence-corrected chi connectivity index (χ3v) is 8.45. The number of hydrogen-bond acceptors (Lipinski definition) is 3. The lowest BCUT2D eigenvalue weighted by atomic mass is 9.76. The van der Waals surface area contributed by atoms with Gasteiger partial charge in [0, 0.05) is 12.2 Å². The molecule has 3 N–H and O–H groups in total. The minimum Gasteiger partial charge on any atom is -0.478 e. The minimum atomic E-state index is -1.10. The zero-order valence-corrected chi connectivity index (χ0v) is 24.8. The number of hydrogen-bond donors (Lipinski definition) is 3. The van der Waals surface area contributed by atoms with Crippen LogP contribution in [0.15, 0.2) is 97.1 Å². The van der Waals surface area contributed by atoms with Crippen LogP contribution in [0, 0.1) is 5.92 Å². The maximum atomic E-state index is 14.0. The van der Waals surface area contributed by atoms with Crippen molar-refractivity contribution in [2.24, 2.45) is 5.92 Å². The quantitative estimate of drug-likeness (QED) is 0.183. The first-order valence-electron chi connectivity index (χ1n) is 14.0. The molecule has 9 heteroatoms. The van der Waals surface area contributed by atoms with Crippen molar-refractivity contribution in [1.82, 2.24) is 10.2 Å². The van der Waals surface area contributed by atoms with Crippen LogP contribution in [-0.4, -0.2) is 34.5 Å². The summed E-state index contributed by atoms with van der Waals surface area (Å²) in [4.78, 5) is 39.9. The van der Waals surface area contributed by atoms with E-state index in [-0.39, 0.29) is 30.0 Å². The van der Waals surface area contributed by atoms with Crippen molar-refractivity contribution in [2.75, 3.05) is 11.9 Å². The Bertz CT molecular complexity index is 1630. The number of aryl methyl sites for hydroxylation is 1. The predicted octanol–water partition coefficient (Wildman–Crippen LogP) is 7.39. The fourth-order valence-electron chi connectivity index (χ4n) is 5.69. The van der Waals surface area contributed by atoms with E-state index in [1.807, 2.05) is 59.5 Å². The standard InChI is InChI=1S/C34H31Cl2N3O4/c35-29-16-13-23(18-30(29)36)17-25-15-14-24-9-4-5-12-28(24)32(25)39(21-22-7-2-1-3-8-22)31(40)20-37-34(43)38-27-11-6-10-26(19-27)33(41)42/h1-13,16,18-19,25,32H,14-15,17,20-21H2,(H,41,42)(H2,37,38,43). The van der Waals surface area contributed by atoms with Crippen LogP contribution in [-0.2, 0) is 24.2 Å². The number of fused-ring (bicyclic) bond motifs is 1. The van der Waals surface area contributed by atoms with Crippen LogP contribution in [0.4, 0.5) is 10.5 Å². The largest absolute Gasteiger partial charge is 0.478 e. The molecule has 5 rings (SSSR count). The van der Waals surface area contributed by atoms with Crippen LogP contribution in [0.5, 0.6) is 0 Å². The van der Waals surface area contributed by atoms with Gasteiger partial charge in [0.2, 0.25) is 5.91 Å². The van der Waals surface area contributed by atoms with Gasteiger partial charge < -0.3 is 20.6 Å². The van der Waals surface area contributed by atoms with E-state index in [4.69, 9.17) is 23.2 Å². The Labute approximate surface area is 260 Å². The van der Waals surface area contributed by atoms with Crippen molar-refractivity contribution in [2.45, 2.75) is 31.8 Å². The summed E-state index contributed by atoms with van der Waals surface area (Å²) >= 11 is 12.5. The van der Waals surface area contributed by atoms with Crippen LogP contribution >= 0.6 is 23.2 Å². The molecule has 1 aliphatic rings. The highest BCUT2D eigenvalue weighted by Gasteiger charge is 2.36. The number of amides is 3. The SMILES string of the molecule is O=C(NCC(=O)N(Cc1ccccc1)C1c2ccccc2CCC1Cc1ccc(Cl)c(Cl)c1)Nc1cccc(C(=O)O)c1. The van der Waals surface area contributed by atoms with Crippen molar-refractivity contribution < 1.29 is 19.5 Å². The van der Waals surface area contributed by atoms with Crippen LogP contribution in [0.2, 0.25) is 10.0 Å². The maximum absolute atomic E-state index is 14.0. The van der Waals surface area contributed by atoms with Crippen LogP contribution in [0.25, 0.3) is 0 Å². The normalized spacial score (nSPS) is 15.7. The first-order chi connectivity index (χ1) is 20.8. The van der Waals surface area contributed by atoms with Gasteiger partial charge in [-0.2, -0.15) is 0 Å². The molecule has 7 nitrogen and oxygen atoms in total. The van der Waals surface area contributed by atoms with E-state index in [2.05, 4.69) is 22.8 Å². The van der Waals surface area contributed by atoms with Gasteiger partial charge in [-0.05, 0) is 77.8 Å². The van der Waals surface area contributed by atoms with Gasteiger partial charge in [0.15, 0.2) is 0 Å². The molecular weight excluding hydrogens is 585 g/mol. The molecule has 2 unspecified atom stereocenters. The molecule has 1 aliphatic carbocycles. The Hall–Kier alpha value is -4.33. The second-order valence-corrected chi connectivity index (χ2v) is 11.4. The summed E-state index contributed by atoms with van der Waals surface area (Å²) in [5.41, 5.74) is 4.67. The van der Waals surface area contributed by atoms with Gasteiger partial charge in [0.05, 0.1) is 28.2 Å². The number of urea groups is 1. The first-order valence-corrected chi connectivity index (χ1v) is 14.8. The number of carbonyl (C=O) groups is 3. The molecule has 43 heavy (non-hydrogen) atoms. The highest BCUT2D eigenvalue weighted by Crippen LogP contribution is 2.41. The molecule has 0 saturated carbocycles. The fourth-order valence-corrected chi connectivity index (χ4v) is 6.01. The second kappa shape index (κ2) is 13.8. The smallest absolute Gasteiger partial charge is 0.335 e. The Morgan fingerprint density at radius 3 is 2.37 bits per heavy atom. The van der Waals surface area contributed by atoms with E-state index in [1.165, 1.54) is 17.7 Å². The van der Waals surface area contributed by atoms with Gasteiger partial charge >= 0.3 is 12.0 Å². The van der Waals surface area contributed by atoms with E-state index in [0.29, 0.717) is 28.7 Å². The monoisotopic (exact) mass is 615 g/mol. The Kier molecular flexibility index (Phi) is 9.65. The van der Waals surface area contributed by atoms with Crippen LogP contribution < -0.4 is 10.6 Å². The number of carbonyl (C=O) groups excluding carboxylic acids is 2. The maximum Gasteiger partial charge on any atom is 0.335 e. The molecule has 0 radical (unpaired) electrons. The highest BCUT2D eigenvalue weighted by molar-refractivity contribution is 6.42. The molecule has 0 aliphatic heterocycles. The molecule has 3 amide bonds. The fraction of sp³-hybridized carbons (Fsp3) is 0.206. The van der Waals surface area contributed by atoms with E-state index in [1.54, 1.807) is 18.2 Å². The van der Waals surface area contributed by atoms with Crippen molar-refractivity contribution >= 4 is 46.8 Å². The first kappa shape index (κ1) is 30.1. The molecule has 2 atom stereocenters. The van der Waals surface area contributed by atoms with Crippen molar-refractivity contribution in [3.8, 4) is 0 Å². The number of nitrogens with one attached hydrogen (secondary N) is 2. The lowest BCUT2D eigenvalue weighted by Gasteiger charge is -2.42. The Morgan fingerprint density at radius 1 is 0.837 bits per heavy atom. The number of nitrogens with zero attached hydrogens (tertiary/aromatic N) is 1. The molecule has 0 heterocycles. The molecule has 4 aromatic carbocycles. The number of halogens is 2. The summed E-state index contributed by atoms with van der Waals surface area (Å²) in [7, 11) is 0. The Morgan fingerprint density at radius 2 is 1.60 bits per heavy atom. The third-order valence-electron chi connectivity index (χ3n) is 7.71. The summed E-state index contributed by atoms with van der Waals surface area (Å²) in [5.74, 6) is -1.24. The lowest BCUT2D eigenvalue weighted by molar-refractivity contribution is -0.135. The average molecular weight is 617 g/mol. The molecule has 0 saturated heterocycles. The summed E-state index contributed by atoms with van der Waals surface area (Å²) in [6.07, 6.45) is 2.46. The molecule has 4 aromatic rings. The van der Waals surface area contributed by atoms with Crippen LogP contribution in [0.3, 0.4) is 0 Å². The van der Waals surface area contributed by atoms with E-state index in [9.17, 15) is 19.5 Å². The zero-order valence-electron chi connectivity index (χ0n) is 23.3. The van der Waals surface area contributed by atoms with E-state index < -0.39 is 12.0 Å². The molecule has 0 fully saturated rings. The van der Waals surface area contributed by atoms with Gasteiger partial charge in [0.25, 0.3) is 0 Å².